The highest BCUT2D eigenvalue weighted by Crippen LogP contribution is 2.27. The summed E-state index contributed by atoms with van der Waals surface area (Å²) in [5.74, 6) is 0.623. The SMILES string of the molecule is COc1ccccc1NC(=S)Nc1cccc(SC(C)C(=O)Nc2nccs2)c1. The number of ether oxygens (including phenoxy) is 1. The molecule has 1 aromatic heterocycles. The number of hydrogen-bond donors (Lipinski definition) is 3. The second-order valence-corrected chi connectivity index (χ2v) is 8.61. The maximum absolute atomic E-state index is 12.3. The third-order valence-corrected chi connectivity index (χ3v) is 5.78. The number of nitrogens with zero attached hydrogens (tertiary/aromatic N) is 1. The van der Waals surface area contributed by atoms with Gasteiger partial charge in [0.15, 0.2) is 10.2 Å². The van der Waals surface area contributed by atoms with Crippen molar-refractivity contribution in [1.82, 2.24) is 4.98 Å². The van der Waals surface area contributed by atoms with Gasteiger partial charge in [-0.25, -0.2) is 4.98 Å². The number of methoxy groups -OCH3 is 1. The quantitative estimate of drug-likeness (QED) is 0.347. The van der Waals surface area contributed by atoms with Gasteiger partial charge in [0.1, 0.15) is 5.75 Å². The molecule has 3 rings (SSSR count). The topological polar surface area (TPSA) is 75.3 Å². The van der Waals surface area contributed by atoms with Crippen molar-refractivity contribution in [3.05, 3.63) is 60.1 Å². The van der Waals surface area contributed by atoms with Gasteiger partial charge in [0.05, 0.1) is 18.0 Å². The van der Waals surface area contributed by atoms with Crippen LogP contribution in [0.1, 0.15) is 6.92 Å². The van der Waals surface area contributed by atoms with E-state index in [4.69, 9.17) is 17.0 Å². The molecule has 3 N–H and O–H groups in total. The van der Waals surface area contributed by atoms with Gasteiger partial charge in [-0.05, 0) is 49.5 Å². The molecule has 2 aromatic carbocycles. The van der Waals surface area contributed by atoms with Crippen molar-refractivity contribution >= 4 is 62.8 Å². The van der Waals surface area contributed by atoms with E-state index in [1.165, 1.54) is 23.1 Å². The predicted molar refractivity (Wildman–Crippen MR) is 125 cm³/mol. The lowest BCUT2D eigenvalue weighted by Gasteiger charge is -2.14. The van der Waals surface area contributed by atoms with Gasteiger partial charge in [-0.2, -0.15) is 0 Å². The fourth-order valence-electron chi connectivity index (χ4n) is 2.43. The van der Waals surface area contributed by atoms with Crippen LogP contribution < -0.4 is 20.7 Å². The van der Waals surface area contributed by atoms with Gasteiger partial charge in [-0.15, -0.1) is 23.1 Å². The number of thiocarbonyl (C=S) groups is 1. The van der Waals surface area contributed by atoms with Crippen LogP contribution in [0, 0.1) is 0 Å². The fraction of sp³-hybridized carbons (Fsp3) is 0.150. The van der Waals surface area contributed by atoms with Crippen molar-refractivity contribution in [3.63, 3.8) is 0 Å². The van der Waals surface area contributed by atoms with E-state index >= 15 is 0 Å². The Morgan fingerprint density at radius 3 is 2.76 bits per heavy atom. The number of rotatable bonds is 7. The van der Waals surface area contributed by atoms with Crippen LogP contribution in [-0.4, -0.2) is 28.4 Å². The molecule has 1 atom stereocenters. The second-order valence-electron chi connectivity index (χ2n) is 5.89. The normalized spacial score (nSPS) is 11.4. The molecule has 0 fully saturated rings. The molecule has 6 nitrogen and oxygen atoms in total. The minimum atomic E-state index is -0.271. The molecule has 29 heavy (non-hydrogen) atoms. The molecule has 0 aliphatic heterocycles. The highest BCUT2D eigenvalue weighted by atomic mass is 32.2. The Hall–Kier alpha value is -2.62. The molecule has 9 heteroatoms. The smallest absolute Gasteiger partial charge is 0.239 e. The van der Waals surface area contributed by atoms with Gasteiger partial charge >= 0.3 is 0 Å². The summed E-state index contributed by atoms with van der Waals surface area (Å²) in [6, 6.07) is 15.3. The number of benzene rings is 2. The lowest BCUT2D eigenvalue weighted by Crippen LogP contribution is -2.22. The third kappa shape index (κ3) is 6.18. The first-order valence-electron chi connectivity index (χ1n) is 8.73. The first-order chi connectivity index (χ1) is 14.0. The van der Waals surface area contributed by atoms with E-state index in [2.05, 4.69) is 20.9 Å². The summed E-state index contributed by atoms with van der Waals surface area (Å²) in [4.78, 5) is 17.3. The third-order valence-electron chi connectivity index (χ3n) is 3.79. The molecular weight excluding hydrogens is 424 g/mol. The molecule has 1 unspecified atom stereocenters. The Labute approximate surface area is 183 Å². The number of para-hydroxylation sites is 2. The number of anilines is 3. The lowest BCUT2D eigenvalue weighted by atomic mass is 10.3. The maximum atomic E-state index is 12.3. The van der Waals surface area contributed by atoms with Crippen LogP contribution in [-0.2, 0) is 4.79 Å². The zero-order valence-corrected chi connectivity index (χ0v) is 18.3. The summed E-state index contributed by atoms with van der Waals surface area (Å²) in [5.41, 5.74) is 1.61. The summed E-state index contributed by atoms with van der Waals surface area (Å²) in [6.07, 6.45) is 1.66. The van der Waals surface area contributed by atoms with Crippen LogP contribution in [0.15, 0.2) is 65.0 Å². The van der Waals surface area contributed by atoms with Crippen molar-refractivity contribution in [2.75, 3.05) is 23.1 Å². The molecule has 1 heterocycles. The van der Waals surface area contributed by atoms with Crippen LogP contribution in [0.5, 0.6) is 5.75 Å². The largest absolute Gasteiger partial charge is 0.495 e. The van der Waals surface area contributed by atoms with Crippen LogP contribution in [0.3, 0.4) is 0 Å². The number of carbonyl (C=O) groups excluding carboxylic acids is 1. The number of thioether (sulfide) groups is 1. The van der Waals surface area contributed by atoms with E-state index in [-0.39, 0.29) is 11.2 Å². The van der Waals surface area contributed by atoms with Gasteiger partial charge in [0, 0.05) is 22.2 Å². The Kier molecular flexibility index (Phi) is 7.45. The second kappa shape index (κ2) is 10.2. The summed E-state index contributed by atoms with van der Waals surface area (Å²) in [5, 5.41) is 11.7. The highest BCUT2D eigenvalue weighted by molar-refractivity contribution is 8.00. The standard InChI is InChI=1S/C20H20N4O2S3/c1-13(18(25)24-20-21-10-11-28-20)29-15-7-5-6-14(12-15)22-19(27)23-16-8-3-4-9-17(16)26-2/h3-13H,1-2H3,(H,21,24,25)(H2,22,23,27). The van der Waals surface area contributed by atoms with Gasteiger partial charge < -0.3 is 20.7 Å². The fourth-order valence-corrected chi connectivity index (χ4v) is 4.12. The first kappa shape index (κ1) is 21.1. The zero-order chi connectivity index (χ0) is 20.6. The summed E-state index contributed by atoms with van der Waals surface area (Å²) in [6.45, 7) is 1.86. The molecule has 0 radical (unpaired) electrons. The number of carbonyl (C=O) groups is 1. The molecule has 150 valence electrons. The summed E-state index contributed by atoms with van der Waals surface area (Å²) in [7, 11) is 1.61. The molecule has 1 amide bonds. The Bertz CT molecular complexity index is 979. The number of nitrogens with one attached hydrogen (secondary N) is 3. The van der Waals surface area contributed by atoms with Crippen molar-refractivity contribution in [3.8, 4) is 5.75 Å². The van der Waals surface area contributed by atoms with Gasteiger partial charge in [0.2, 0.25) is 5.91 Å². The highest BCUT2D eigenvalue weighted by Gasteiger charge is 2.16. The number of hydrogen-bond acceptors (Lipinski definition) is 6. The maximum Gasteiger partial charge on any atom is 0.239 e. The molecule has 0 aliphatic rings. The Morgan fingerprint density at radius 1 is 1.17 bits per heavy atom. The van der Waals surface area contributed by atoms with Crippen molar-refractivity contribution < 1.29 is 9.53 Å². The predicted octanol–water partition coefficient (Wildman–Crippen LogP) is 5.08. The summed E-state index contributed by atoms with van der Waals surface area (Å²) >= 11 is 8.27. The van der Waals surface area contributed by atoms with E-state index in [9.17, 15) is 4.79 Å². The average Bonchev–Trinajstić information content (AvgIpc) is 3.21. The van der Waals surface area contributed by atoms with Crippen LogP contribution in [0.4, 0.5) is 16.5 Å². The van der Waals surface area contributed by atoms with Gasteiger partial charge in [-0.1, -0.05) is 18.2 Å². The van der Waals surface area contributed by atoms with E-state index in [1.807, 2.05) is 60.8 Å². The van der Waals surface area contributed by atoms with E-state index in [0.29, 0.717) is 16.0 Å². The minimum Gasteiger partial charge on any atom is -0.495 e. The minimum absolute atomic E-state index is 0.0864. The monoisotopic (exact) mass is 444 g/mol. The first-order valence-corrected chi connectivity index (χ1v) is 10.9. The lowest BCUT2D eigenvalue weighted by molar-refractivity contribution is -0.115. The average molecular weight is 445 g/mol. The molecule has 0 saturated heterocycles. The van der Waals surface area contributed by atoms with Crippen LogP contribution in [0.25, 0.3) is 0 Å². The van der Waals surface area contributed by atoms with Crippen molar-refractivity contribution in [2.45, 2.75) is 17.1 Å². The number of thiazole rings is 1. The van der Waals surface area contributed by atoms with Gasteiger partial charge in [-0.3, -0.25) is 4.79 Å². The zero-order valence-electron chi connectivity index (χ0n) is 15.8. The van der Waals surface area contributed by atoms with Crippen molar-refractivity contribution in [1.29, 1.82) is 0 Å². The van der Waals surface area contributed by atoms with E-state index in [1.54, 1.807) is 13.3 Å². The molecule has 3 aromatic rings. The molecule has 0 spiro atoms. The molecule has 0 aliphatic carbocycles. The molecule has 0 bridgehead atoms. The Balaban J connectivity index is 1.58. The van der Waals surface area contributed by atoms with E-state index in [0.717, 1.165) is 16.3 Å². The number of aromatic nitrogens is 1. The molecule has 0 saturated carbocycles. The van der Waals surface area contributed by atoms with Crippen molar-refractivity contribution in [2.24, 2.45) is 0 Å². The van der Waals surface area contributed by atoms with Gasteiger partial charge in [0.25, 0.3) is 0 Å². The van der Waals surface area contributed by atoms with Crippen LogP contribution in [0.2, 0.25) is 0 Å². The summed E-state index contributed by atoms with van der Waals surface area (Å²) < 4.78 is 5.32. The van der Waals surface area contributed by atoms with E-state index < -0.39 is 0 Å². The molecular formula is C20H20N4O2S3. The number of amides is 1. The Morgan fingerprint density at radius 2 is 2.00 bits per heavy atom. The van der Waals surface area contributed by atoms with Crippen LogP contribution >= 0.6 is 35.3 Å².